The first-order valence-electron chi connectivity index (χ1n) is 9.53. The number of fused-ring (bicyclic) bond motifs is 1. The molecule has 6 nitrogen and oxygen atoms in total. The van der Waals surface area contributed by atoms with Crippen LogP contribution in [0.3, 0.4) is 0 Å². The zero-order valence-electron chi connectivity index (χ0n) is 16.2. The molecule has 1 aromatic rings. The predicted molar refractivity (Wildman–Crippen MR) is 103 cm³/mol. The molecular formula is C19H25F3N2O4S. The molecule has 0 radical (unpaired) electrons. The van der Waals surface area contributed by atoms with Crippen molar-refractivity contribution in [2.45, 2.75) is 63.8 Å². The van der Waals surface area contributed by atoms with E-state index in [1.54, 1.807) is 0 Å². The van der Waals surface area contributed by atoms with E-state index in [2.05, 4.69) is 20.6 Å². The number of rotatable bonds is 10. The number of anilines is 1. The minimum Gasteiger partial charge on any atom is -0.380 e. The molecule has 0 saturated heterocycles. The molecule has 0 fully saturated rings. The monoisotopic (exact) mass is 434 g/mol. The van der Waals surface area contributed by atoms with Gasteiger partial charge >= 0.3 is 15.6 Å². The summed E-state index contributed by atoms with van der Waals surface area (Å²) in [6.07, 6.45) is 6.34. The molecule has 0 atom stereocenters. The van der Waals surface area contributed by atoms with Crippen molar-refractivity contribution in [1.29, 1.82) is 0 Å². The molecule has 1 N–H and O–H groups in total. The molecule has 1 aliphatic heterocycles. The van der Waals surface area contributed by atoms with Crippen molar-refractivity contribution >= 4 is 21.7 Å². The van der Waals surface area contributed by atoms with E-state index in [-0.39, 0.29) is 6.42 Å². The van der Waals surface area contributed by atoms with Crippen LogP contribution in [0, 0.1) is 0 Å². The summed E-state index contributed by atoms with van der Waals surface area (Å²) in [6, 6.07) is 4.09. The molecule has 0 aliphatic carbocycles. The quantitative estimate of drug-likeness (QED) is 0.195. The maximum atomic E-state index is 12.5. The molecular weight excluding hydrogens is 409 g/mol. The summed E-state index contributed by atoms with van der Waals surface area (Å²) in [4.78, 5) is 15.7. The van der Waals surface area contributed by atoms with E-state index in [4.69, 9.17) is 0 Å². The van der Waals surface area contributed by atoms with Gasteiger partial charge < -0.3 is 9.50 Å². The number of aromatic nitrogens is 1. The van der Waals surface area contributed by atoms with Crippen molar-refractivity contribution < 1.29 is 30.6 Å². The van der Waals surface area contributed by atoms with Crippen molar-refractivity contribution in [3.8, 4) is 0 Å². The van der Waals surface area contributed by atoms with Crippen LogP contribution >= 0.6 is 0 Å². The van der Waals surface area contributed by atoms with E-state index in [0.29, 0.717) is 12.8 Å². The largest absolute Gasteiger partial charge is 0.534 e. The topological polar surface area (TPSA) is 85.4 Å². The molecule has 0 unspecified atom stereocenters. The van der Waals surface area contributed by atoms with Crippen LogP contribution in [0.5, 0.6) is 0 Å². The second-order valence-electron chi connectivity index (χ2n) is 6.96. The fourth-order valence-electron chi connectivity index (χ4n) is 3.02. The number of ketones is 1. The smallest absolute Gasteiger partial charge is 0.380 e. The second-order valence-corrected chi connectivity index (χ2v) is 8.50. The SMILES string of the molecule is CC(=O)C=C(CCCCCCc1ccc2c(n1)NCCC2)OS(=O)(=O)C(F)(F)F. The average molecular weight is 434 g/mol. The molecule has 0 aromatic carbocycles. The molecule has 0 saturated carbocycles. The second kappa shape index (κ2) is 10.1. The molecule has 162 valence electrons. The number of allylic oxidation sites excluding steroid dienone is 2. The normalized spacial score (nSPS) is 14.8. The van der Waals surface area contributed by atoms with Crippen LogP contribution in [0.1, 0.15) is 56.7 Å². The van der Waals surface area contributed by atoms with Crippen LogP contribution in [-0.4, -0.2) is 31.2 Å². The Morgan fingerprint density at radius 3 is 2.66 bits per heavy atom. The zero-order chi connectivity index (χ0) is 21.5. The van der Waals surface area contributed by atoms with Crippen molar-refractivity contribution in [2.75, 3.05) is 11.9 Å². The molecule has 2 rings (SSSR count). The van der Waals surface area contributed by atoms with Crippen molar-refractivity contribution in [2.24, 2.45) is 0 Å². The van der Waals surface area contributed by atoms with Crippen molar-refractivity contribution in [3.05, 3.63) is 35.2 Å². The molecule has 1 aliphatic rings. The highest BCUT2D eigenvalue weighted by molar-refractivity contribution is 7.87. The average Bonchev–Trinajstić information content (AvgIpc) is 2.62. The fourth-order valence-corrected chi connectivity index (χ4v) is 3.53. The van der Waals surface area contributed by atoms with Gasteiger partial charge in [0.1, 0.15) is 11.6 Å². The standard InChI is InChI=1S/C19H25F3N2O4S/c1-14(25)13-17(28-29(26,27)19(20,21)22)9-5-3-2-4-8-16-11-10-15-7-6-12-23-18(15)24-16/h10-11,13H,2-9,12H2,1H3,(H,23,24). The van der Waals surface area contributed by atoms with Crippen LogP contribution in [0.4, 0.5) is 19.0 Å². The number of hydrogen-bond acceptors (Lipinski definition) is 6. The van der Waals surface area contributed by atoms with Gasteiger partial charge in [0, 0.05) is 24.7 Å². The maximum Gasteiger partial charge on any atom is 0.534 e. The van der Waals surface area contributed by atoms with Gasteiger partial charge in [-0.1, -0.05) is 18.9 Å². The van der Waals surface area contributed by atoms with Crippen molar-refractivity contribution in [1.82, 2.24) is 4.98 Å². The van der Waals surface area contributed by atoms with Gasteiger partial charge in [-0.25, -0.2) is 4.98 Å². The van der Waals surface area contributed by atoms with Gasteiger partial charge in [0.05, 0.1) is 0 Å². The number of nitrogens with zero attached hydrogens (tertiary/aromatic N) is 1. The molecule has 2 heterocycles. The van der Waals surface area contributed by atoms with E-state index >= 15 is 0 Å². The summed E-state index contributed by atoms with van der Waals surface area (Å²) < 4.78 is 63.7. The third-order valence-corrected chi connectivity index (χ3v) is 5.42. The van der Waals surface area contributed by atoms with Gasteiger partial charge in [-0.15, -0.1) is 0 Å². The summed E-state index contributed by atoms with van der Waals surface area (Å²) in [5, 5.41) is 3.28. The number of nitrogens with one attached hydrogen (secondary N) is 1. The van der Waals surface area contributed by atoms with Gasteiger partial charge in [0.2, 0.25) is 0 Å². The summed E-state index contributed by atoms with van der Waals surface area (Å²) >= 11 is 0. The summed E-state index contributed by atoms with van der Waals surface area (Å²) in [7, 11) is -5.77. The lowest BCUT2D eigenvalue weighted by molar-refractivity contribution is -0.112. The maximum absolute atomic E-state index is 12.5. The highest BCUT2D eigenvalue weighted by Crippen LogP contribution is 2.28. The van der Waals surface area contributed by atoms with Crippen LogP contribution in [-0.2, 0) is 31.9 Å². The lowest BCUT2D eigenvalue weighted by Crippen LogP contribution is -2.25. The number of alkyl halides is 3. The molecule has 0 spiro atoms. The molecule has 29 heavy (non-hydrogen) atoms. The Labute approximate surface area is 168 Å². The Morgan fingerprint density at radius 2 is 1.97 bits per heavy atom. The first-order valence-corrected chi connectivity index (χ1v) is 10.9. The summed E-state index contributed by atoms with van der Waals surface area (Å²) in [5.41, 5.74) is -3.33. The van der Waals surface area contributed by atoms with Gasteiger partial charge in [-0.2, -0.15) is 21.6 Å². The van der Waals surface area contributed by atoms with Gasteiger partial charge in [-0.3, -0.25) is 4.79 Å². The molecule has 1 aromatic heterocycles. The van der Waals surface area contributed by atoms with Crippen LogP contribution in [0.15, 0.2) is 24.0 Å². The van der Waals surface area contributed by atoms with E-state index in [1.807, 2.05) is 6.07 Å². The number of unbranched alkanes of at least 4 members (excludes halogenated alkanes) is 3. The van der Waals surface area contributed by atoms with E-state index in [1.165, 1.54) is 5.56 Å². The fraction of sp³-hybridized carbons (Fsp3) is 0.579. The van der Waals surface area contributed by atoms with Crippen LogP contribution in [0.2, 0.25) is 0 Å². The van der Waals surface area contributed by atoms with Crippen LogP contribution < -0.4 is 5.32 Å². The first-order chi connectivity index (χ1) is 13.6. The molecule has 0 amide bonds. The van der Waals surface area contributed by atoms with Crippen LogP contribution in [0.25, 0.3) is 0 Å². The number of halogens is 3. The minimum atomic E-state index is -5.77. The number of carbonyl (C=O) groups excluding carboxylic acids is 1. The summed E-state index contributed by atoms with van der Waals surface area (Å²) in [6.45, 7) is 2.04. The van der Waals surface area contributed by atoms with Gasteiger partial charge in [0.25, 0.3) is 0 Å². The Bertz CT molecular complexity index is 852. The number of aryl methyl sites for hydroxylation is 2. The highest BCUT2D eigenvalue weighted by Gasteiger charge is 2.48. The lowest BCUT2D eigenvalue weighted by Gasteiger charge is -2.17. The summed E-state index contributed by atoms with van der Waals surface area (Å²) in [5.74, 6) is -0.127. The lowest BCUT2D eigenvalue weighted by atomic mass is 10.0. The third-order valence-electron chi connectivity index (χ3n) is 4.42. The highest BCUT2D eigenvalue weighted by atomic mass is 32.2. The number of carbonyl (C=O) groups is 1. The van der Waals surface area contributed by atoms with Gasteiger partial charge in [-0.05, 0) is 50.7 Å². The Kier molecular flexibility index (Phi) is 8.06. The molecule has 0 bridgehead atoms. The Balaban J connectivity index is 1.76. The minimum absolute atomic E-state index is 0.0596. The number of pyridine rings is 1. The molecule has 10 heteroatoms. The van der Waals surface area contributed by atoms with E-state index < -0.39 is 27.2 Å². The first kappa shape index (κ1) is 23.2. The third kappa shape index (κ3) is 7.34. The zero-order valence-corrected chi connectivity index (χ0v) is 17.0. The predicted octanol–water partition coefficient (Wildman–Crippen LogP) is 4.27. The Morgan fingerprint density at radius 1 is 1.24 bits per heavy atom. The Hall–Kier alpha value is -2.10. The van der Waals surface area contributed by atoms with Gasteiger partial charge in [0.15, 0.2) is 5.78 Å². The number of hydrogen-bond donors (Lipinski definition) is 1. The van der Waals surface area contributed by atoms with E-state index in [9.17, 15) is 26.4 Å². The van der Waals surface area contributed by atoms with Crippen molar-refractivity contribution in [3.63, 3.8) is 0 Å². The van der Waals surface area contributed by atoms with E-state index in [0.717, 1.165) is 63.2 Å².